The van der Waals surface area contributed by atoms with Crippen molar-refractivity contribution in [3.8, 4) is 0 Å². The van der Waals surface area contributed by atoms with Crippen LogP contribution < -0.4 is 16.0 Å². The molecule has 1 aromatic carbocycles. The fourth-order valence-corrected chi connectivity index (χ4v) is 3.15. The molecule has 0 radical (unpaired) electrons. The molecule has 7 nitrogen and oxygen atoms in total. The highest BCUT2D eigenvalue weighted by Gasteiger charge is 2.10. The second kappa shape index (κ2) is 10.2. The van der Waals surface area contributed by atoms with Crippen LogP contribution in [0.25, 0.3) is 0 Å². The molecule has 9 heteroatoms. The summed E-state index contributed by atoms with van der Waals surface area (Å²) in [7, 11) is 1.86. The Morgan fingerprint density at radius 3 is 2.53 bits per heavy atom. The fourth-order valence-electron chi connectivity index (χ4n) is 2.74. The number of aliphatic imine (C=N–C) groups is 1. The molecule has 3 rings (SSSR count). The Hall–Kier alpha value is -2.90. The highest BCUT2D eigenvalue weighted by atomic mass is 35.5. The van der Waals surface area contributed by atoms with E-state index in [1.807, 2.05) is 48.9 Å². The van der Waals surface area contributed by atoms with Crippen molar-refractivity contribution in [2.75, 3.05) is 11.9 Å². The number of nitrogens with one attached hydrogen (secondary N) is 3. The number of rotatable bonds is 7. The first-order chi connectivity index (χ1) is 14.5. The Morgan fingerprint density at radius 2 is 1.93 bits per heavy atom. The maximum Gasteiger partial charge on any atom is 0.291 e. The maximum atomic E-state index is 12.0. The smallest absolute Gasteiger partial charge is 0.291 e. The third-order valence-corrected chi connectivity index (χ3v) is 5.22. The number of nitrogens with zero attached hydrogens (tertiary/aromatic N) is 2. The molecule has 0 aliphatic heterocycles. The van der Waals surface area contributed by atoms with E-state index in [1.54, 1.807) is 12.1 Å². The number of halogens is 2. The molecule has 3 N–H and O–H groups in total. The van der Waals surface area contributed by atoms with Gasteiger partial charge in [0.2, 0.25) is 0 Å². The highest BCUT2D eigenvalue weighted by molar-refractivity contribution is 6.41. The number of carbonyl (C=O) groups excluding carboxylic acids is 1. The van der Waals surface area contributed by atoms with Gasteiger partial charge in [0.1, 0.15) is 5.15 Å². The number of anilines is 1. The van der Waals surface area contributed by atoms with E-state index in [1.165, 1.54) is 6.26 Å². The van der Waals surface area contributed by atoms with Crippen molar-refractivity contribution >= 4 is 40.8 Å². The summed E-state index contributed by atoms with van der Waals surface area (Å²) in [5.41, 5.74) is 2.65. The lowest BCUT2D eigenvalue weighted by molar-refractivity contribution is 0.0996. The van der Waals surface area contributed by atoms with Crippen LogP contribution in [-0.4, -0.2) is 23.0 Å². The first-order valence-corrected chi connectivity index (χ1v) is 10.2. The maximum absolute atomic E-state index is 12.0. The molecule has 0 unspecified atom stereocenters. The fraction of sp³-hybridized carbons (Fsp3) is 0.238. The number of benzene rings is 1. The van der Waals surface area contributed by atoms with Crippen LogP contribution in [0.15, 0.2) is 58.1 Å². The Balaban J connectivity index is 1.58. The largest absolute Gasteiger partial charge is 0.459 e. The van der Waals surface area contributed by atoms with Crippen LogP contribution in [0.1, 0.15) is 28.7 Å². The molecule has 3 aromatic rings. The third-order valence-electron chi connectivity index (χ3n) is 4.37. The normalized spacial score (nSPS) is 11.4. The molecule has 2 aromatic heterocycles. The van der Waals surface area contributed by atoms with Crippen molar-refractivity contribution in [2.24, 2.45) is 12.0 Å². The molecule has 1 amide bonds. The zero-order chi connectivity index (χ0) is 21.5. The van der Waals surface area contributed by atoms with Gasteiger partial charge in [-0.3, -0.25) is 4.79 Å². The monoisotopic (exact) mass is 447 g/mol. The first kappa shape index (κ1) is 21.8. The van der Waals surface area contributed by atoms with Gasteiger partial charge in [0.15, 0.2) is 11.7 Å². The van der Waals surface area contributed by atoms with Gasteiger partial charge in [0.25, 0.3) is 5.91 Å². The van der Waals surface area contributed by atoms with Crippen molar-refractivity contribution in [3.63, 3.8) is 0 Å². The summed E-state index contributed by atoms with van der Waals surface area (Å²) >= 11 is 12.2. The van der Waals surface area contributed by atoms with Gasteiger partial charge in [0, 0.05) is 25.0 Å². The lowest BCUT2D eigenvalue weighted by atomic mass is 10.2. The van der Waals surface area contributed by atoms with Gasteiger partial charge < -0.3 is 24.9 Å². The van der Waals surface area contributed by atoms with Gasteiger partial charge in [-0.25, -0.2) is 4.99 Å². The molecule has 30 heavy (non-hydrogen) atoms. The van der Waals surface area contributed by atoms with Gasteiger partial charge >= 0.3 is 0 Å². The van der Waals surface area contributed by atoms with Gasteiger partial charge in [-0.05, 0) is 42.8 Å². The third kappa shape index (κ3) is 5.58. The van der Waals surface area contributed by atoms with E-state index in [9.17, 15) is 4.79 Å². The molecule has 0 atom stereocenters. The summed E-state index contributed by atoms with van der Waals surface area (Å²) in [5.74, 6) is 0.664. The predicted molar refractivity (Wildman–Crippen MR) is 120 cm³/mol. The Labute approximate surface area is 185 Å². The molecule has 0 aliphatic rings. The van der Waals surface area contributed by atoms with E-state index in [-0.39, 0.29) is 11.7 Å². The molecule has 158 valence electrons. The number of aromatic nitrogens is 1. The zero-order valence-electron chi connectivity index (χ0n) is 16.7. The summed E-state index contributed by atoms with van der Waals surface area (Å²) in [5, 5.41) is 10.3. The molecule has 0 saturated heterocycles. The van der Waals surface area contributed by atoms with Crippen LogP contribution in [0, 0.1) is 0 Å². The number of carbonyl (C=O) groups is 1. The van der Waals surface area contributed by atoms with Crippen molar-refractivity contribution < 1.29 is 9.21 Å². The number of amides is 1. The summed E-state index contributed by atoms with van der Waals surface area (Å²) in [6.45, 7) is 3.76. The van der Waals surface area contributed by atoms with E-state index < -0.39 is 0 Å². The lowest BCUT2D eigenvalue weighted by Gasteiger charge is -2.12. The minimum Gasteiger partial charge on any atom is -0.459 e. The molecule has 0 bridgehead atoms. The second-order valence-corrected chi connectivity index (χ2v) is 7.28. The molecule has 0 aliphatic carbocycles. The van der Waals surface area contributed by atoms with Crippen LogP contribution in [0.3, 0.4) is 0 Å². The van der Waals surface area contributed by atoms with E-state index >= 15 is 0 Å². The van der Waals surface area contributed by atoms with E-state index in [2.05, 4.69) is 20.9 Å². The predicted octanol–water partition coefficient (Wildman–Crippen LogP) is 4.43. The van der Waals surface area contributed by atoms with Crippen molar-refractivity contribution in [2.45, 2.75) is 20.0 Å². The number of hydrogen-bond donors (Lipinski definition) is 3. The van der Waals surface area contributed by atoms with Crippen LogP contribution in [0.2, 0.25) is 10.2 Å². The zero-order valence-corrected chi connectivity index (χ0v) is 18.2. The quantitative estimate of drug-likeness (QED) is 0.369. The minimum atomic E-state index is -0.287. The molecule has 2 heterocycles. The van der Waals surface area contributed by atoms with E-state index in [0.717, 1.165) is 17.8 Å². The average Bonchev–Trinajstić information content (AvgIpc) is 3.36. The van der Waals surface area contributed by atoms with Crippen molar-refractivity contribution in [1.29, 1.82) is 0 Å². The summed E-state index contributed by atoms with van der Waals surface area (Å²) in [6, 6.07) is 12.6. The summed E-state index contributed by atoms with van der Waals surface area (Å²) in [6.07, 6.45) is 1.47. The summed E-state index contributed by atoms with van der Waals surface area (Å²) in [4.78, 5) is 16.6. The van der Waals surface area contributed by atoms with Gasteiger partial charge in [-0.1, -0.05) is 35.3 Å². The second-order valence-electron chi connectivity index (χ2n) is 6.51. The van der Waals surface area contributed by atoms with Crippen molar-refractivity contribution in [3.05, 3.63) is 75.9 Å². The molecule has 0 saturated carbocycles. The standard InChI is InChI=1S/C21H23Cl2N5O2/c1-3-24-21(26-13-16-11-17(22)19(23)28(16)2)25-12-14-6-8-15(9-7-14)27-20(29)18-5-4-10-30-18/h4-11H,3,12-13H2,1-2H3,(H,27,29)(H2,24,25,26). The topological polar surface area (TPSA) is 83.6 Å². The van der Waals surface area contributed by atoms with Gasteiger partial charge in [-0.15, -0.1) is 0 Å². The molecular formula is C21H23Cl2N5O2. The number of guanidine groups is 1. The van der Waals surface area contributed by atoms with Gasteiger partial charge in [0.05, 0.1) is 24.4 Å². The minimum absolute atomic E-state index is 0.269. The van der Waals surface area contributed by atoms with E-state index in [4.69, 9.17) is 27.6 Å². The first-order valence-electron chi connectivity index (χ1n) is 9.43. The summed E-state index contributed by atoms with van der Waals surface area (Å²) < 4.78 is 6.92. The Morgan fingerprint density at radius 1 is 1.17 bits per heavy atom. The van der Waals surface area contributed by atoms with Crippen LogP contribution in [0.5, 0.6) is 0 Å². The SMILES string of the molecule is CCNC(=NCc1ccc(NC(=O)c2ccco2)cc1)NCc1cc(Cl)c(Cl)n1C. The van der Waals surface area contributed by atoms with Gasteiger partial charge in [-0.2, -0.15) is 0 Å². The molecule has 0 spiro atoms. The van der Waals surface area contributed by atoms with Crippen LogP contribution >= 0.6 is 23.2 Å². The Bertz CT molecular complexity index is 1010. The Kier molecular flexibility index (Phi) is 7.43. The number of furan rings is 1. The highest BCUT2D eigenvalue weighted by Crippen LogP contribution is 2.24. The average molecular weight is 448 g/mol. The molecule has 0 fully saturated rings. The van der Waals surface area contributed by atoms with Crippen molar-refractivity contribution in [1.82, 2.24) is 15.2 Å². The van der Waals surface area contributed by atoms with E-state index in [0.29, 0.717) is 34.9 Å². The van der Waals surface area contributed by atoms with Crippen LogP contribution in [-0.2, 0) is 20.1 Å². The number of hydrogen-bond acceptors (Lipinski definition) is 3. The lowest BCUT2D eigenvalue weighted by Crippen LogP contribution is -2.37. The van der Waals surface area contributed by atoms with Crippen LogP contribution in [0.4, 0.5) is 5.69 Å². The molecular weight excluding hydrogens is 425 g/mol.